The van der Waals surface area contributed by atoms with Crippen molar-refractivity contribution < 1.29 is 0 Å². The molecule has 1 atom stereocenters. The van der Waals surface area contributed by atoms with Crippen LogP contribution in [0.25, 0.3) is 0 Å². The minimum atomic E-state index is 0.417. The van der Waals surface area contributed by atoms with Crippen molar-refractivity contribution in [1.29, 1.82) is 0 Å². The van der Waals surface area contributed by atoms with E-state index in [2.05, 4.69) is 58.2 Å². The Morgan fingerprint density at radius 1 is 1.28 bits per heavy atom. The highest BCUT2D eigenvalue weighted by Crippen LogP contribution is 2.31. The summed E-state index contributed by atoms with van der Waals surface area (Å²) in [6.45, 7) is 7.82. The van der Waals surface area contributed by atoms with Gasteiger partial charge in [-0.2, -0.15) is 0 Å². The highest BCUT2D eigenvalue weighted by atomic mass is 79.9. The fraction of sp³-hybridized carbons (Fsp3) is 0.600. The first-order chi connectivity index (χ1) is 8.72. The van der Waals surface area contributed by atoms with Crippen LogP contribution in [0.4, 0.5) is 5.69 Å². The summed E-state index contributed by atoms with van der Waals surface area (Å²) in [4.78, 5) is 2.54. The number of nitrogens with one attached hydrogen (secondary N) is 1. The second kappa shape index (κ2) is 6.58. The van der Waals surface area contributed by atoms with Crippen molar-refractivity contribution in [2.24, 2.45) is 0 Å². The largest absolute Gasteiger partial charge is 0.371 e. The molecule has 1 aliphatic rings. The fourth-order valence-corrected chi connectivity index (χ4v) is 3.06. The number of hydrogen-bond acceptors (Lipinski definition) is 2. The molecule has 3 heteroatoms. The van der Waals surface area contributed by atoms with E-state index in [9.17, 15) is 0 Å². The molecule has 18 heavy (non-hydrogen) atoms. The number of halogens is 1. The third-order valence-electron chi connectivity index (χ3n) is 3.67. The molecule has 0 spiro atoms. The standard InChI is InChI=1S/C15H23BrN2/c1-3-17-12(2)14-8-7-13(16)11-15(14)18-9-5-4-6-10-18/h7-8,11-12,17H,3-6,9-10H2,1-2H3. The van der Waals surface area contributed by atoms with Crippen LogP contribution in [0.3, 0.4) is 0 Å². The number of nitrogens with zero attached hydrogens (tertiary/aromatic N) is 1. The summed E-state index contributed by atoms with van der Waals surface area (Å²) in [5.74, 6) is 0. The van der Waals surface area contributed by atoms with Crippen molar-refractivity contribution in [3.8, 4) is 0 Å². The van der Waals surface area contributed by atoms with E-state index in [1.54, 1.807) is 0 Å². The maximum atomic E-state index is 3.60. The van der Waals surface area contributed by atoms with Gasteiger partial charge in [-0.15, -0.1) is 0 Å². The summed E-state index contributed by atoms with van der Waals surface area (Å²) in [6.07, 6.45) is 4.02. The molecule has 0 amide bonds. The molecule has 1 saturated heterocycles. The van der Waals surface area contributed by atoms with Gasteiger partial charge in [0.1, 0.15) is 0 Å². The molecular formula is C15H23BrN2. The highest BCUT2D eigenvalue weighted by Gasteiger charge is 2.17. The monoisotopic (exact) mass is 310 g/mol. The Hall–Kier alpha value is -0.540. The average molecular weight is 311 g/mol. The average Bonchev–Trinajstić information content (AvgIpc) is 2.40. The van der Waals surface area contributed by atoms with Gasteiger partial charge in [0, 0.05) is 29.3 Å². The molecule has 1 fully saturated rings. The molecule has 2 rings (SSSR count). The van der Waals surface area contributed by atoms with Gasteiger partial charge in [-0.3, -0.25) is 0 Å². The van der Waals surface area contributed by atoms with Crippen molar-refractivity contribution in [3.05, 3.63) is 28.2 Å². The molecular weight excluding hydrogens is 288 g/mol. The lowest BCUT2D eigenvalue weighted by Crippen LogP contribution is -2.31. The predicted molar refractivity (Wildman–Crippen MR) is 82.3 cm³/mol. The highest BCUT2D eigenvalue weighted by molar-refractivity contribution is 9.10. The molecule has 1 aromatic carbocycles. The Labute approximate surface area is 119 Å². The number of anilines is 1. The van der Waals surface area contributed by atoms with Gasteiger partial charge in [0.15, 0.2) is 0 Å². The second-order valence-corrected chi connectivity index (χ2v) is 5.95. The molecule has 1 unspecified atom stereocenters. The van der Waals surface area contributed by atoms with Crippen LogP contribution < -0.4 is 10.2 Å². The molecule has 100 valence electrons. The first-order valence-electron chi connectivity index (χ1n) is 7.00. The lowest BCUT2D eigenvalue weighted by atomic mass is 10.0. The number of rotatable bonds is 4. The summed E-state index contributed by atoms with van der Waals surface area (Å²) in [6, 6.07) is 7.09. The summed E-state index contributed by atoms with van der Waals surface area (Å²) < 4.78 is 1.18. The molecule has 1 aliphatic heterocycles. The zero-order valence-electron chi connectivity index (χ0n) is 11.4. The molecule has 1 aromatic rings. The van der Waals surface area contributed by atoms with Crippen molar-refractivity contribution in [3.63, 3.8) is 0 Å². The van der Waals surface area contributed by atoms with Crippen molar-refractivity contribution in [2.45, 2.75) is 39.2 Å². The number of benzene rings is 1. The Balaban J connectivity index is 2.27. The maximum absolute atomic E-state index is 3.60. The van der Waals surface area contributed by atoms with Crippen molar-refractivity contribution in [2.75, 3.05) is 24.5 Å². The fourth-order valence-electron chi connectivity index (χ4n) is 2.71. The van der Waals surface area contributed by atoms with Crippen molar-refractivity contribution >= 4 is 21.6 Å². The van der Waals surface area contributed by atoms with Crippen LogP contribution in [0, 0.1) is 0 Å². The topological polar surface area (TPSA) is 15.3 Å². The van der Waals surface area contributed by atoms with E-state index < -0.39 is 0 Å². The van der Waals surface area contributed by atoms with Gasteiger partial charge < -0.3 is 10.2 Å². The quantitative estimate of drug-likeness (QED) is 0.900. The Bertz CT molecular complexity index is 386. The SMILES string of the molecule is CCNC(C)c1ccc(Br)cc1N1CCCCC1. The Kier molecular flexibility index (Phi) is 5.07. The Morgan fingerprint density at radius 2 is 2.00 bits per heavy atom. The number of piperidine rings is 1. The smallest absolute Gasteiger partial charge is 0.0425 e. The predicted octanol–water partition coefficient (Wildman–Crippen LogP) is 4.11. The molecule has 1 heterocycles. The third-order valence-corrected chi connectivity index (χ3v) is 4.16. The van der Waals surface area contributed by atoms with Gasteiger partial charge >= 0.3 is 0 Å². The minimum absolute atomic E-state index is 0.417. The van der Waals surface area contributed by atoms with E-state index in [0.717, 1.165) is 6.54 Å². The molecule has 0 radical (unpaired) electrons. The van der Waals surface area contributed by atoms with Gasteiger partial charge in [-0.25, -0.2) is 0 Å². The van der Waals surface area contributed by atoms with E-state index >= 15 is 0 Å². The van der Waals surface area contributed by atoms with Gasteiger partial charge in [-0.1, -0.05) is 28.9 Å². The van der Waals surface area contributed by atoms with E-state index in [0.29, 0.717) is 6.04 Å². The van der Waals surface area contributed by atoms with E-state index in [-0.39, 0.29) is 0 Å². The minimum Gasteiger partial charge on any atom is -0.371 e. The van der Waals surface area contributed by atoms with E-state index in [1.807, 2.05) is 0 Å². The van der Waals surface area contributed by atoms with Crippen LogP contribution in [-0.2, 0) is 0 Å². The summed E-state index contributed by atoms with van der Waals surface area (Å²) in [5.41, 5.74) is 2.82. The third kappa shape index (κ3) is 3.27. The van der Waals surface area contributed by atoms with Crippen LogP contribution in [0.5, 0.6) is 0 Å². The summed E-state index contributed by atoms with van der Waals surface area (Å²) >= 11 is 3.60. The van der Waals surface area contributed by atoms with Gasteiger partial charge in [0.05, 0.1) is 0 Å². The molecule has 1 N–H and O–H groups in total. The van der Waals surface area contributed by atoms with Crippen LogP contribution in [0.2, 0.25) is 0 Å². The first-order valence-corrected chi connectivity index (χ1v) is 7.79. The van der Waals surface area contributed by atoms with Crippen molar-refractivity contribution in [1.82, 2.24) is 5.32 Å². The summed E-state index contributed by atoms with van der Waals surface area (Å²) in [5, 5.41) is 3.52. The summed E-state index contributed by atoms with van der Waals surface area (Å²) in [7, 11) is 0. The first kappa shape index (κ1) is 13.9. The molecule has 0 aliphatic carbocycles. The number of hydrogen-bond donors (Lipinski definition) is 1. The van der Waals surface area contributed by atoms with Gasteiger partial charge in [0.2, 0.25) is 0 Å². The molecule has 0 saturated carbocycles. The second-order valence-electron chi connectivity index (χ2n) is 5.03. The van der Waals surface area contributed by atoms with Crippen LogP contribution in [0.1, 0.15) is 44.7 Å². The van der Waals surface area contributed by atoms with Gasteiger partial charge in [-0.05, 0) is 50.4 Å². The zero-order valence-corrected chi connectivity index (χ0v) is 13.0. The van der Waals surface area contributed by atoms with Gasteiger partial charge in [0.25, 0.3) is 0 Å². The lowest BCUT2D eigenvalue weighted by Gasteiger charge is -2.32. The maximum Gasteiger partial charge on any atom is 0.0425 e. The molecule has 2 nitrogen and oxygen atoms in total. The van der Waals surface area contributed by atoms with E-state index in [1.165, 1.54) is 48.1 Å². The lowest BCUT2D eigenvalue weighted by molar-refractivity contribution is 0.563. The normalized spacial score (nSPS) is 17.8. The molecule has 0 aromatic heterocycles. The van der Waals surface area contributed by atoms with Crippen LogP contribution in [0.15, 0.2) is 22.7 Å². The van der Waals surface area contributed by atoms with Crippen LogP contribution in [-0.4, -0.2) is 19.6 Å². The zero-order chi connectivity index (χ0) is 13.0. The Morgan fingerprint density at radius 3 is 2.67 bits per heavy atom. The van der Waals surface area contributed by atoms with E-state index in [4.69, 9.17) is 0 Å². The van der Waals surface area contributed by atoms with Crippen LogP contribution >= 0.6 is 15.9 Å². The molecule has 0 bridgehead atoms.